The third kappa shape index (κ3) is 2.85. The maximum Gasteiger partial charge on any atom is 0.311 e. The van der Waals surface area contributed by atoms with Crippen LogP contribution in [0.25, 0.3) is 0 Å². The first-order chi connectivity index (χ1) is 8.64. The summed E-state index contributed by atoms with van der Waals surface area (Å²) in [6, 6.07) is 0. The van der Waals surface area contributed by atoms with E-state index in [4.69, 9.17) is 0 Å². The van der Waals surface area contributed by atoms with E-state index in [9.17, 15) is 14.7 Å². The van der Waals surface area contributed by atoms with Crippen LogP contribution < -0.4 is 5.32 Å². The second kappa shape index (κ2) is 5.72. The summed E-state index contributed by atoms with van der Waals surface area (Å²) in [6.45, 7) is 0.317. The van der Waals surface area contributed by atoms with Gasteiger partial charge >= 0.3 is 5.97 Å². The van der Waals surface area contributed by atoms with Crippen molar-refractivity contribution in [3.63, 3.8) is 0 Å². The van der Waals surface area contributed by atoms with Crippen molar-refractivity contribution in [2.75, 3.05) is 6.54 Å². The maximum atomic E-state index is 11.9. The molecule has 0 aromatic carbocycles. The van der Waals surface area contributed by atoms with Crippen LogP contribution in [0.3, 0.4) is 0 Å². The molecule has 1 amide bonds. The third-order valence-corrected chi connectivity index (χ3v) is 4.59. The Hall–Kier alpha value is -1.06. The molecule has 0 radical (unpaired) electrons. The zero-order valence-corrected chi connectivity index (χ0v) is 10.9. The zero-order valence-electron chi connectivity index (χ0n) is 10.9. The van der Waals surface area contributed by atoms with Crippen molar-refractivity contribution in [1.82, 2.24) is 5.32 Å². The summed E-state index contributed by atoms with van der Waals surface area (Å²) in [6.07, 6.45) is 8.63. The number of aliphatic carboxylic acids is 1. The first-order valence-corrected chi connectivity index (χ1v) is 7.15. The lowest BCUT2D eigenvalue weighted by Crippen LogP contribution is -2.45. The van der Waals surface area contributed by atoms with Crippen LogP contribution in [0.4, 0.5) is 0 Å². The topological polar surface area (TPSA) is 66.4 Å². The summed E-state index contributed by atoms with van der Waals surface area (Å²) in [5, 5.41) is 12.3. The van der Waals surface area contributed by atoms with E-state index in [2.05, 4.69) is 5.32 Å². The Morgan fingerprint density at radius 1 is 1.06 bits per heavy atom. The minimum Gasteiger partial charge on any atom is -0.481 e. The molecule has 2 rings (SSSR count). The zero-order chi connectivity index (χ0) is 13.0. The van der Waals surface area contributed by atoms with Crippen LogP contribution in [0.15, 0.2) is 0 Å². The number of carboxylic acid groups (broad SMARTS) is 1. The second-order valence-electron chi connectivity index (χ2n) is 5.85. The smallest absolute Gasteiger partial charge is 0.311 e. The lowest BCUT2D eigenvalue weighted by Gasteiger charge is -2.33. The molecule has 4 heteroatoms. The average molecular weight is 253 g/mol. The van der Waals surface area contributed by atoms with E-state index in [1.54, 1.807) is 0 Å². The summed E-state index contributed by atoms with van der Waals surface area (Å²) in [5.41, 5.74) is -0.702. The van der Waals surface area contributed by atoms with Crippen LogP contribution in [0.2, 0.25) is 0 Å². The number of hydrogen-bond donors (Lipinski definition) is 2. The molecule has 2 aliphatic rings. The van der Waals surface area contributed by atoms with Crippen LogP contribution in [0, 0.1) is 11.3 Å². The first-order valence-electron chi connectivity index (χ1n) is 7.15. The van der Waals surface area contributed by atoms with Gasteiger partial charge in [-0.05, 0) is 25.7 Å². The molecule has 102 valence electrons. The van der Waals surface area contributed by atoms with Crippen LogP contribution in [-0.4, -0.2) is 23.5 Å². The predicted octanol–water partition coefficient (Wildman–Crippen LogP) is 2.33. The van der Waals surface area contributed by atoms with Gasteiger partial charge in [-0.1, -0.05) is 32.1 Å². The van der Waals surface area contributed by atoms with Gasteiger partial charge in [0.05, 0.1) is 5.41 Å². The Balaban J connectivity index is 1.89. The van der Waals surface area contributed by atoms with Gasteiger partial charge in [-0.3, -0.25) is 9.59 Å². The van der Waals surface area contributed by atoms with E-state index >= 15 is 0 Å². The minimum absolute atomic E-state index is 0.0682. The van der Waals surface area contributed by atoms with Crippen LogP contribution in [0.1, 0.15) is 57.8 Å². The molecule has 2 aliphatic carbocycles. The Morgan fingerprint density at radius 3 is 2.22 bits per heavy atom. The molecule has 0 spiro atoms. The maximum absolute atomic E-state index is 11.9. The lowest BCUT2D eigenvalue weighted by molar-refractivity contribution is -0.151. The number of carbonyl (C=O) groups excluding carboxylic acids is 1. The van der Waals surface area contributed by atoms with Gasteiger partial charge in [0.1, 0.15) is 0 Å². The molecular weight excluding hydrogens is 230 g/mol. The fraction of sp³-hybridized carbons (Fsp3) is 0.857. The van der Waals surface area contributed by atoms with Gasteiger partial charge in [0.25, 0.3) is 0 Å². The molecule has 2 N–H and O–H groups in total. The normalized spacial score (nSPS) is 23.8. The third-order valence-electron chi connectivity index (χ3n) is 4.59. The number of amides is 1. The van der Waals surface area contributed by atoms with E-state index in [-0.39, 0.29) is 11.8 Å². The van der Waals surface area contributed by atoms with Crippen LogP contribution in [-0.2, 0) is 9.59 Å². The summed E-state index contributed by atoms with van der Waals surface area (Å²) in [5.74, 6) is -0.549. The van der Waals surface area contributed by atoms with Crippen LogP contribution in [0.5, 0.6) is 0 Å². The van der Waals surface area contributed by atoms with E-state index in [0.29, 0.717) is 19.4 Å². The monoisotopic (exact) mass is 253 g/mol. The van der Waals surface area contributed by atoms with Crippen molar-refractivity contribution in [2.24, 2.45) is 11.3 Å². The van der Waals surface area contributed by atoms with Gasteiger partial charge in [-0.15, -0.1) is 0 Å². The molecular formula is C14H23NO3. The SMILES string of the molecule is O=C(NCC1(C(=O)O)CCCCC1)C1CCCC1. The molecule has 0 unspecified atom stereocenters. The number of rotatable bonds is 4. The highest BCUT2D eigenvalue weighted by atomic mass is 16.4. The largest absolute Gasteiger partial charge is 0.481 e. The molecule has 0 atom stereocenters. The average Bonchev–Trinajstić information content (AvgIpc) is 2.91. The summed E-state index contributed by atoms with van der Waals surface area (Å²) in [4.78, 5) is 23.4. The molecule has 18 heavy (non-hydrogen) atoms. The van der Waals surface area contributed by atoms with Crippen molar-refractivity contribution in [1.29, 1.82) is 0 Å². The molecule has 2 saturated carbocycles. The fourth-order valence-corrected chi connectivity index (χ4v) is 3.28. The van der Waals surface area contributed by atoms with Gasteiger partial charge in [0.2, 0.25) is 5.91 Å². The van der Waals surface area contributed by atoms with E-state index in [0.717, 1.165) is 44.9 Å². The highest BCUT2D eigenvalue weighted by molar-refractivity contribution is 5.81. The van der Waals surface area contributed by atoms with Crippen molar-refractivity contribution < 1.29 is 14.7 Å². The molecule has 2 fully saturated rings. The quantitative estimate of drug-likeness (QED) is 0.808. The number of hydrogen-bond acceptors (Lipinski definition) is 2. The van der Waals surface area contributed by atoms with Gasteiger partial charge in [-0.2, -0.15) is 0 Å². The van der Waals surface area contributed by atoms with Gasteiger partial charge in [0, 0.05) is 12.5 Å². The Bertz CT molecular complexity index is 315. The van der Waals surface area contributed by atoms with Gasteiger partial charge < -0.3 is 10.4 Å². The number of nitrogens with one attached hydrogen (secondary N) is 1. The van der Waals surface area contributed by atoms with Crippen molar-refractivity contribution in [3.05, 3.63) is 0 Å². The van der Waals surface area contributed by atoms with Gasteiger partial charge in [0.15, 0.2) is 0 Å². The molecule has 0 aromatic rings. The van der Waals surface area contributed by atoms with Crippen molar-refractivity contribution in [2.45, 2.75) is 57.8 Å². The summed E-state index contributed by atoms with van der Waals surface area (Å²) >= 11 is 0. The Labute approximate surface area is 108 Å². The van der Waals surface area contributed by atoms with E-state index in [1.807, 2.05) is 0 Å². The molecule has 0 aliphatic heterocycles. The molecule has 0 saturated heterocycles. The van der Waals surface area contributed by atoms with Gasteiger partial charge in [-0.25, -0.2) is 0 Å². The van der Waals surface area contributed by atoms with Crippen LogP contribution >= 0.6 is 0 Å². The number of carboxylic acids is 1. The highest BCUT2D eigenvalue weighted by Crippen LogP contribution is 2.36. The van der Waals surface area contributed by atoms with Crippen molar-refractivity contribution >= 4 is 11.9 Å². The Kier molecular flexibility index (Phi) is 4.25. The van der Waals surface area contributed by atoms with E-state index in [1.165, 1.54) is 0 Å². The first kappa shape index (κ1) is 13.4. The fourth-order valence-electron chi connectivity index (χ4n) is 3.28. The predicted molar refractivity (Wildman–Crippen MR) is 68.1 cm³/mol. The van der Waals surface area contributed by atoms with E-state index < -0.39 is 11.4 Å². The summed E-state index contributed by atoms with van der Waals surface area (Å²) in [7, 11) is 0. The minimum atomic E-state index is -0.742. The second-order valence-corrected chi connectivity index (χ2v) is 5.85. The summed E-state index contributed by atoms with van der Waals surface area (Å²) < 4.78 is 0. The standard InChI is InChI=1S/C14H23NO3/c16-12(11-6-2-3-7-11)15-10-14(13(17)18)8-4-1-5-9-14/h11H,1-10H2,(H,15,16)(H,17,18). The molecule has 0 heterocycles. The highest BCUT2D eigenvalue weighted by Gasteiger charge is 2.40. The van der Waals surface area contributed by atoms with Crippen molar-refractivity contribution in [3.8, 4) is 0 Å². The Morgan fingerprint density at radius 2 is 1.67 bits per heavy atom. The lowest BCUT2D eigenvalue weighted by atomic mass is 9.74. The molecule has 0 bridgehead atoms. The molecule has 0 aromatic heterocycles. The number of carbonyl (C=O) groups is 2. The molecule has 4 nitrogen and oxygen atoms in total.